The highest BCUT2D eigenvalue weighted by molar-refractivity contribution is 5.00. The molecule has 0 aromatic heterocycles. The molecule has 1 unspecified atom stereocenters. The van der Waals surface area contributed by atoms with Crippen molar-refractivity contribution < 1.29 is 0 Å². The third kappa shape index (κ3) is 3.64. The van der Waals surface area contributed by atoms with E-state index in [1.54, 1.807) is 0 Å². The van der Waals surface area contributed by atoms with E-state index in [2.05, 4.69) is 17.2 Å². The molecule has 1 atom stereocenters. The van der Waals surface area contributed by atoms with Gasteiger partial charge in [0.15, 0.2) is 0 Å². The van der Waals surface area contributed by atoms with Gasteiger partial charge in [0.1, 0.15) is 0 Å². The monoisotopic (exact) mass is 121 g/mol. The predicted octanol–water partition coefficient (Wildman–Crippen LogP) is 0.621. The van der Waals surface area contributed by atoms with Gasteiger partial charge < -0.3 is 0 Å². The number of hydrogen-bond donors (Lipinski definition) is 1. The molecule has 0 bridgehead atoms. The van der Waals surface area contributed by atoms with Gasteiger partial charge in [-0.05, 0) is 6.42 Å². The van der Waals surface area contributed by atoms with E-state index in [4.69, 9.17) is 12.8 Å². The highest BCUT2D eigenvalue weighted by Gasteiger charge is 1.95. The van der Waals surface area contributed by atoms with Crippen molar-refractivity contribution >= 4 is 0 Å². The molecule has 0 aliphatic heterocycles. The first-order valence-corrected chi connectivity index (χ1v) is 2.98. The van der Waals surface area contributed by atoms with Crippen LogP contribution in [0.15, 0.2) is 0 Å². The van der Waals surface area contributed by atoms with Crippen molar-refractivity contribution in [1.29, 1.82) is 0 Å². The molecule has 48 valence electrons. The third-order valence-corrected chi connectivity index (χ3v) is 1.06. The first-order chi connectivity index (χ1) is 4.35. The number of hydrogen-bond acceptors (Lipinski definition) is 1. The molecule has 0 aliphatic rings. The van der Waals surface area contributed by atoms with Crippen LogP contribution in [0.5, 0.6) is 0 Å². The normalized spacial score (nSPS) is 11.4. The fourth-order valence-electron chi connectivity index (χ4n) is 0.503. The Morgan fingerprint density at radius 1 is 1.56 bits per heavy atom. The molecule has 0 aromatic carbocycles. The summed E-state index contributed by atoms with van der Waals surface area (Å²) in [5, 5.41) is 3.00. The smallest absolute Gasteiger partial charge is 0.0691 e. The summed E-state index contributed by atoms with van der Waals surface area (Å²) in [7, 11) is 0. The summed E-state index contributed by atoms with van der Waals surface area (Å²) in [6, 6.07) is 0.140. The van der Waals surface area contributed by atoms with Gasteiger partial charge in [-0.1, -0.05) is 18.8 Å². The maximum absolute atomic E-state index is 5.14. The lowest BCUT2D eigenvalue weighted by Crippen LogP contribution is -2.26. The van der Waals surface area contributed by atoms with Gasteiger partial charge in [-0.25, -0.2) is 0 Å². The van der Waals surface area contributed by atoms with Gasteiger partial charge in [0.05, 0.1) is 12.6 Å². The second kappa shape index (κ2) is 5.22. The van der Waals surface area contributed by atoms with Gasteiger partial charge in [-0.2, -0.15) is 0 Å². The molecule has 0 spiro atoms. The first-order valence-electron chi connectivity index (χ1n) is 2.98. The standard InChI is InChI=1S/C8H11N/c1-4-7-9-8(5-2)6-3/h1-2,8-9H,6-7H2,3H3. The van der Waals surface area contributed by atoms with E-state index in [0.717, 1.165) is 6.42 Å². The zero-order chi connectivity index (χ0) is 7.11. The van der Waals surface area contributed by atoms with Gasteiger partial charge >= 0.3 is 0 Å². The summed E-state index contributed by atoms with van der Waals surface area (Å²) in [4.78, 5) is 0. The predicted molar refractivity (Wildman–Crippen MR) is 39.7 cm³/mol. The van der Waals surface area contributed by atoms with Gasteiger partial charge in [0.2, 0.25) is 0 Å². The fourth-order valence-corrected chi connectivity index (χ4v) is 0.503. The summed E-state index contributed by atoms with van der Waals surface area (Å²) < 4.78 is 0. The summed E-state index contributed by atoms with van der Waals surface area (Å²) >= 11 is 0. The molecule has 0 aliphatic carbocycles. The van der Waals surface area contributed by atoms with Crippen LogP contribution in [-0.2, 0) is 0 Å². The van der Waals surface area contributed by atoms with Crippen LogP contribution in [0.4, 0.5) is 0 Å². The van der Waals surface area contributed by atoms with Crippen molar-refractivity contribution in [2.75, 3.05) is 6.54 Å². The van der Waals surface area contributed by atoms with Crippen LogP contribution in [0.25, 0.3) is 0 Å². The van der Waals surface area contributed by atoms with Gasteiger partial charge in [0, 0.05) is 0 Å². The molecule has 0 amide bonds. The minimum absolute atomic E-state index is 0.140. The molecule has 0 radical (unpaired) electrons. The van der Waals surface area contributed by atoms with Gasteiger partial charge in [-0.3, -0.25) is 5.32 Å². The molecule has 1 nitrogen and oxygen atoms in total. The lowest BCUT2D eigenvalue weighted by atomic mass is 10.2. The molecule has 0 rings (SSSR count). The maximum atomic E-state index is 5.14. The Labute approximate surface area is 56.8 Å². The Kier molecular flexibility index (Phi) is 4.69. The molecule has 1 heteroatoms. The molecule has 9 heavy (non-hydrogen) atoms. The second-order valence-electron chi connectivity index (χ2n) is 1.71. The van der Waals surface area contributed by atoms with Crippen molar-refractivity contribution in [3.63, 3.8) is 0 Å². The number of terminal acetylenes is 2. The summed E-state index contributed by atoms with van der Waals surface area (Å²) in [5.74, 6) is 5.04. The Morgan fingerprint density at radius 3 is 2.56 bits per heavy atom. The lowest BCUT2D eigenvalue weighted by molar-refractivity contribution is 0.639. The fraction of sp³-hybridized carbons (Fsp3) is 0.500. The van der Waals surface area contributed by atoms with Crippen molar-refractivity contribution in [3.05, 3.63) is 0 Å². The largest absolute Gasteiger partial charge is 0.293 e. The van der Waals surface area contributed by atoms with Crippen LogP contribution in [-0.4, -0.2) is 12.6 Å². The van der Waals surface area contributed by atoms with Crippen LogP contribution < -0.4 is 5.32 Å². The van der Waals surface area contributed by atoms with Gasteiger partial charge in [-0.15, -0.1) is 12.8 Å². The highest BCUT2D eigenvalue weighted by Crippen LogP contribution is 1.84. The summed E-state index contributed by atoms with van der Waals surface area (Å²) in [5.41, 5.74) is 0. The van der Waals surface area contributed by atoms with Gasteiger partial charge in [0.25, 0.3) is 0 Å². The lowest BCUT2D eigenvalue weighted by Gasteiger charge is -2.05. The molecular weight excluding hydrogens is 110 g/mol. The van der Waals surface area contributed by atoms with E-state index in [9.17, 15) is 0 Å². The van der Waals surface area contributed by atoms with E-state index in [-0.39, 0.29) is 6.04 Å². The van der Waals surface area contributed by atoms with Crippen molar-refractivity contribution in [1.82, 2.24) is 5.32 Å². The molecule has 0 fully saturated rings. The topological polar surface area (TPSA) is 12.0 Å². The Hall–Kier alpha value is -0.920. The van der Waals surface area contributed by atoms with E-state index in [1.165, 1.54) is 0 Å². The van der Waals surface area contributed by atoms with E-state index in [0.29, 0.717) is 6.54 Å². The summed E-state index contributed by atoms with van der Waals surface area (Å²) in [6.07, 6.45) is 11.1. The molecule has 0 saturated carbocycles. The summed E-state index contributed by atoms with van der Waals surface area (Å²) in [6.45, 7) is 2.58. The van der Waals surface area contributed by atoms with Crippen LogP contribution >= 0.6 is 0 Å². The van der Waals surface area contributed by atoms with Crippen molar-refractivity contribution in [2.45, 2.75) is 19.4 Å². The van der Waals surface area contributed by atoms with Crippen LogP contribution in [0, 0.1) is 24.7 Å². The Morgan fingerprint density at radius 2 is 2.22 bits per heavy atom. The second-order valence-corrected chi connectivity index (χ2v) is 1.71. The first kappa shape index (κ1) is 8.08. The van der Waals surface area contributed by atoms with Crippen LogP contribution in [0.1, 0.15) is 13.3 Å². The average Bonchev–Trinajstić information content (AvgIpc) is 1.91. The third-order valence-electron chi connectivity index (χ3n) is 1.06. The molecule has 0 saturated heterocycles. The van der Waals surface area contributed by atoms with E-state index >= 15 is 0 Å². The van der Waals surface area contributed by atoms with Crippen LogP contribution in [0.3, 0.4) is 0 Å². The van der Waals surface area contributed by atoms with Crippen molar-refractivity contribution in [3.8, 4) is 24.7 Å². The molecule has 0 aromatic rings. The minimum atomic E-state index is 0.140. The number of rotatable bonds is 3. The average molecular weight is 121 g/mol. The van der Waals surface area contributed by atoms with Crippen LogP contribution in [0.2, 0.25) is 0 Å². The number of nitrogens with one attached hydrogen (secondary N) is 1. The molecular formula is C8H11N. The molecule has 0 heterocycles. The SMILES string of the molecule is C#CCNC(C#C)CC. The Balaban J connectivity index is 3.37. The highest BCUT2D eigenvalue weighted by atomic mass is 14.9. The maximum Gasteiger partial charge on any atom is 0.0691 e. The minimum Gasteiger partial charge on any atom is -0.293 e. The zero-order valence-corrected chi connectivity index (χ0v) is 5.65. The van der Waals surface area contributed by atoms with Crippen molar-refractivity contribution in [2.24, 2.45) is 0 Å². The molecule has 1 N–H and O–H groups in total. The zero-order valence-electron chi connectivity index (χ0n) is 5.65. The van der Waals surface area contributed by atoms with E-state index in [1.807, 2.05) is 6.92 Å². The quantitative estimate of drug-likeness (QED) is 0.540. The Bertz CT molecular complexity index is 136. The van der Waals surface area contributed by atoms with E-state index < -0.39 is 0 Å².